The molecule has 1 N–H and O–H groups in total. The van der Waals surface area contributed by atoms with Gasteiger partial charge in [-0.25, -0.2) is 0 Å². The molecule has 0 radical (unpaired) electrons. The Morgan fingerprint density at radius 3 is 2.90 bits per heavy atom. The molecule has 0 aliphatic rings. The van der Waals surface area contributed by atoms with Crippen LogP contribution in [0.5, 0.6) is 0 Å². The van der Waals surface area contributed by atoms with Crippen molar-refractivity contribution in [3.63, 3.8) is 0 Å². The molecule has 0 rings (SSSR count). The first-order valence-corrected chi connectivity index (χ1v) is 3.62. The number of unbranched alkanes of at least 4 members (excludes halogenated alkanes) is 2. The topological polar surface area (TPSA) is 32.6 Å². The van der Waals surface area contributed by atoms with E-state index in [1.54, 1.807) is 0 Å². The van der Waals surface area contributed by atoms with Gasteiger partial charge >= 0.3 is 0 Å². The molecule has 0 aromatic carbocycles. The van der Waals surface area contributed by atoms with Crippen LogP contribution in [-0.4, -0.2) is 17.9 Å². The molecule has 0 saturated heterocycles. The average Bonchev–Trinajstić information content (AvgIpc) is 1.98. The SMILES string of the molecule is C=C(CO)/N=C\CCCC. The first-order valence-electron chi connectivity index (χ1n) is 3.62. The van der Waals surface area contributed by atoms with Crippen LogP contribution in [0.3, 0.4) is 0 Å². The van der Waals surface area contributed by atoms with Gasteiger partial charge in [-0.2, -0.15) is 0 Å². The lowest BCUT2D eigenvalue weighted by Gasteiger charge is -1.90. The van der Waals surface area contributed by atoms with Crippen LogP contribution in [0.1, 0.15) is 26.2 Å². The van der Waals surface area contributed by atoms with Gasteiger partial charge in [0.15, 0.2) is 0 Å². The maximum absolute atomic E-state index is 8.48. The van der Waals surface area contributed by atoms with E-state index in [0.29, 0.717) is 5.70 Å². The van der Waals surface area contributed by atoms with Crippen LogP contribution in [0, 0.1) is 0 Å². The highest BCUT2D eigenvalue weighted by molar-refractivity contribution is 5.58. The quantitative estimate of drug-likeness (QED) is 0.459. The standard InChI is InChI=1S/C8H15NO/c1-3-4-5-6-9-8(2)7-10/h6,10H,2-5,7H2,1H3/b9-6-. The Labute approximate surface area is 62.3 Å². The molecule has 0 spiro atoms. The number of rotatable bonds is 5. The van der Waals surface area contributed by atoms with Crippen LogP contribution in [0.4, 0.5) is 0 Å². The third-order valence-electron chi connectivity index (χ3n) is 1.14. The number of aliphatic imine (C=N–C) groups is 1. The number of nitrogens with zero attached hydrogens (tertiary/aromatic N) is 1. The van der Waals surface area contributed by atoms with Gasteiger partial charge in [0.05, 0.1) is 12.3 Å². The summed E-state index contributed by atoms with van der Waals surface area (Å²) in [5.41, 5.74) is 0.538. The summed E-state index contributed by atoms with van der Waals surface area (Å²) in [5, 5.41) is 8.48. The Hall–Kier alpha value is -0.630. The highest BCUT2D eigenvalue weighted by Crippen LogP contribution is 1.93. The zero-order chi connectivity index (χ0) is 7.82. The van der Waals surface area contributed by atoms with Crippen molar-refractivity contribution in [2.45, 2.75) is 26.2 Å². The van der Waals surface area contributed by atoms with E-state index < -0.39 is 0 Å². The monoisotopic (exact) mass is 141 g/mol. The molecule has 0 fully saturated rings. The number of aliphatic hydroxyl groups is 1. The summed E-state index contributed by atoms with van der Waals surface area (Å²) in [6, 6.07) is 0. The fourth-order valence-corrected chi connectivity index (χ4v) is 0.530. The summed E-state index contributed by atoms with van der Waals surface area (Å²) in [6.07, 6.45) is 5.12. The van der Waals surface area contributed by atoms with Crippen LogP contribution in [0.15, 0.2) is 17.3 Å². The van der Waals surface area contributed by atoms with Crippen molar-refractivity contribution < 1.29 is 5.11 Å². The molecule has 0 aromatic rings. The molecule has 0 aliphatic carbocycles. The second-order valence-electron chi connectivity index (χ2n) is 2.18. The van der Waals surface area contributed by atoms with E-state index >= 15 is 0 Å². The van der Waals surface area contributed by atoms with Crippen molar-refractivity contribution in [3.05, 3.63) is 12.3 Å². The lowest BCUT2D eigenvalue weighted by Crippen LogP contribution is -1.84. The zero-order valence-corrected chi connectivity index (χ0v) is 6.51. The van der Waals surface area contributed by atoms with Gasteiger partial charge < -0.3 is 5.11 Å². The zero-order valence-electron chi connectivity index (χ0n) is 6.51. The summed E-state index contributed by atoms with van der Waals surface area (Å²) < 4.78 is 0. The molecular formula is C8H15NO. The molecule has 0 heterocycles. The fraction of sp³-hybridized carbons (Fsp3) is 0.625. The Balaban J connectivity index is 3.27. The van der Waals surface area contributed by atoms with Crippen molar-refractivity contribution in [3.8, 4) is 0 Å². The molecule has 0 atom stereocenters. The van der Waals surface area contributed by atoms with Crippen LogP contribution >= 0.6 is 0 Å². The largest absolute Gasteiger partial charge is 0.390 e. The lowest BCUT2D eigenvalue weighted by molar-refractivity contribution is 0.330. The molecule has 58 valence electrons. The molecule has 10 heavy (non-hydrogen) atoms. The second kappa shape index (κ2) is 6.49. The second-order valence-corrected chi connectivity index (χ2v) is 2.18. The van der Waals surface area contributed by atoms with Crippen molar-refractivity contribution in [2.75, 3.05) is 6.61 Å². The van der Waals surface area contributed by atoms with E-state index in [0.717, 1.165) is 12.8 Å². The fourth-order valence-electron chi connectivity index (χ4n) is 0.530. The molecule has 2 nitrogen and oxygen atoms in total. The van der Waals surface area contributed by atoms with Gasteiger partial charge in [0.25, 0.3) is 0 Å². The number of hydrogen-bond acceptors (Lipinski definition) is 2. The molecule has 0 saturated carbocycles. The van der Waals surface area contributed by atoms with Crippen LogP contribution in [0.2, 0.25) is 0 Å². The summed E-state index contributed by atoms with van der Waals surface area (Å²) >= 11 is 0. The van der Waals surface area contributed by atoms with Gasteiger partial charge in [-0.3, -0.25) is 4.99 Å². The maximum atomic E-state index is 8.48. The van der Waals surface area contributed by atoms with Gasteiger partial charge in [0.2, 0.25) is 0 Å². The van der Waals surface area contributed by atoms with E-state index in [9.17, 15) is 0 Å². The van der Waals surface area contributed by atoms with E-state index in [1.165, 1.54) is 6.42 Å². The minimum atomic E-state index is -0.0391. The van der Waals surface area contributed by atoms with E-state index in [4.69, 9.17) is 5.11 Å². The minimum absolute atomic E-state index is 0.0391. The van der Waals surface area contributed by atoms with Gasteiger partial charge in [0, 0.05) is 6.21 Å². The van der Waals surface area contributed by atoms with Crippen molar-refractivity contribution in [1.82, 2.24) is 0 Å². The Bertz CT molecular complexity index is 118. The third-order valence-corrected chi connectivity index (χ3v) is 1.14. The Morgan fingerprint density at radius 1 is 1.70 bits per heavy atom. The first-order chi connectivity index (χ1) is 4.81. The maximum Gasteiger partial charge on any atom is 0.0846 e. The average molecular weight is 141 g/mol. The lowest BCUT2D eigenvalue weighted by atomic mass is 10.3. The molecule has 0 bridgehead atoms. The van der Waals surface area contributed by atoms with Gasteiger partial charge in [-0.05, 0) is 12.8 Å². The van der Waals surface area contributed by atoms with Crippen molar-refractivity contribution >= 4 is 6.21 Å². The molecule has 0 aromatic heterocycles. The number of aliphatic hydroxyl groups excluding tert-OH is 1. The molecular weight excluding hydrogens is 126 g/mol. The highest BCUT2D eigenvalue weighted by Gasteiger charge is 1.82. The Kier molecular flexibility index (Phi) is 6.08. The predicted molar refractivity (Wildman–Crippen MR) is 44.2 cm³/mol. The van der Waals surface area contributed by atoms with Crippen molar-refractivity contribution in [1.29, 1.82) is 0 Å². The smallest absolute Gasteiger partial charge is 0.0846 e. The number of hydrogen-bond donors (Lipinski definition) is 1. The summed E-state index contributed by atoms with van der Waals surface area (Å²) in [7, 11) is 0. The molecule has 0 unspecified atom stereocenters. The third kappa shape index (κ3) is 5.51. The molecule has 2 heteroatoms. The first kappa shape index (κ1) is 9.37. The predicted octanol–water partition coefficient (Wildman–Crippen LogP) is 1.75. The van der Waals surface area contributed by atoms with Crippen LogP contribution in [0.25, 0.3) is 0 Å². The van der Waals surface area contributed by atoms with Crippen LogP contribution in [-0.2, 0) is 0 Å². The van der Waals surface area contributed by atoms with Crippen molar-refractivity contribution in [2.24, 2.45) is 4.99 Å². The van der Waals surface area contributed by atoms with E-state index in [-0.39, 0.29) is 6.61 Å². The molecule has 0 aliphatic heterocycles. The normalized spacial score (nSPS) is 10.6. The van der Waals surface area contributed by atoms with Crippen LogP contribution < -0.4 is 0 Å². The molecule has 0 amide bonds. The summed E-state index contributed by atoms with van der Waals surface area (Å²) in [5.74, 6) is 0. The minimum Gasteiger partial charge on any atom is -0.390 e. The van der Waals surface area contributed by atoms with Gasteiger partial charge in [-0.15, -0.1) is 0 Å². The van der Waals surface area contributed by atoms with Gasteiger partial charge in [0.1, 0.15) is 0 Å². The highest BCUT2D eigenvalue weighted by atomic mass is 16.3. The Morgan fingerprint density at radius 2 is 2.40 bits per heavy atom. The summed E-state index contributed by atoms with van der Waals surface area (Å²) in [4.78, 5) is 3.91. The van der Waals surface area contributed by atoms with Gasteiger partial charge in [-0.1, -0.05) is 19.9 Å². The van der Waals surface area contributed by atoms with E-state index in [1.807, 2.05) is 6.21 Å². The summed E-state index contributed by atoms with van der Waals surface area (Å²) in [6.45, 7) is 5.62. The van der Waals surface area contributed by atoms with E-state index in [2.05, 4.69) is 18.5 Å².